The van der Waals surface area contributed by atoms with Crippen molar-refractivity contribution in [2.45, 2.75) is 33.5 Å². The predicted molar refractivity (Wildman–Crippen MR) is 55.8 cm³/mol. The normalized spacial score (nSPS) is 12.2. The number of nitrogens with zero attached hydrogens (tertiary/aromatic N) is 1. The molecule has 0 atom stereocenters. The summed E-state index contributed by atoms with van der Waals surface area (Å²) < 4.78 is 1.27. The molecule has 0 bridgehead atoms. The molecule has 0 heterocycles. The molecule has 0 rings (SSSR count). The van der Waals surface area contributed by atoms with Crippen LogP contribution in [0.4, 0.5) is 0 Å². The van der Waals surface area contributed by atoms with Gasteiger partial charge >= 0.3 is 62.9 Å². The minimum Gasteiger partial charge on any atom is -0.0683 e. The maximum atomic E-state index is 4.15. The van der Waals surface area contributed by atoms with Crippen LogP contribution in [0.3, 0.4) is 0 Å². The minimum absolute atomic E-state index is 0.547. The second kappa shape index (κ2) is 9.93. The van der Waals surface area contributed by atoms with Gasteiger partial charge in [-0.3, -0.25) is 0 Å². The van der Waals surface area contributed by atoms with Gasteiger partial charge in [-0.1, -0.05) is 13.8 Å². The minimum atomic E-state index is 0.547. The van der Waals surface area contributed by atoms with Crippen LogP contribution in [0.2, 0.25) is 5.82 Å². The first-order valence-corrected chi connectivity index (χ1v) is 6.47. The molecule has 0 radical (unpaired) electrons. The summed E-state index contributed by atoms with van der Waals surface area (Å²) in [5.74, 6) is 2.18. The van der Waals surface area contributed by atoms with Crippen LogP contribution in [0.15, 0.2) is 16.6 Å². The molecule has 0 aliphatic carbocycles. The van der Waals surface area contributed by atoms with Crippen molar-refractivity contribution in [1.29, 1.82) is 0 Å². The van der Waals surface area contributed by atoms with Crippen LogP contribution in [0.5, 0.6) is 0 Å². The van der Waals surface area contributed by atoms with E-state index in [9.17, 15) is 0 Å². The van der Waals surface area contributed by atoms with E-state index in [0.29, 0.717) is 15.0 Å². The molecule has 0 unspecified atom stereocenters. The van der Waals surface area contributed by atoms with Crippen LogP contribution in [-0.4, -0.2) is 26.6 Å². The van der Waals surface area contributed by atoms with Crippen LogP contribution in [0.25, 0.3) is 0 Å². The van der Waals surface area contributed by atoms with Crippen LogP contribution in [0, 0.1) is 0 Å². The van der Waals surface area contributed by atoms with Crippen molar-refractivity contribution in [1.82, 2.24) is 0 Å². The fourth-order valence-electron chi connectivity index (χ4n) is 0.552. The molecule has 2 heteroatoms. The summed E-state index contributed by atoms with van der Waals surface area (Å²) in [6, 6.07) is 0. The largest absolute Gasteiger partial charge is 0.0683 e. The Bertz CT molecular complexity index is 136. The molecule has 1 nitrogen and oxygen atoms in total. The molecular formula is C9H19NSe. The average Bonchev–Trinajstić information content (AvgIpc) is 2.10. The van der Waals surface area contributed by atoms with Crippen molar-refractivity contribution in [3.8, 4) is 0 Å². The third-order valence-corrected chi connectivity index (χ3v) is 3.04. The monoisotopic (exact) mass is 221 g/mol. The van der Waals surface area contributed by atoms with E-state index in [1.807, 2.05) is 27.8 Å². The molecule has 0 saturated heterocycles. The van der Waals surface area contributed by atoms with Gasteiger partial charge in [0.2, 0.25) is 0 Å². The summed E-state index contributed by atoms with van der Waals surface area (Å²) in [5.41, 5.74) is 1.32. The van der Waals surface area contributed by atoms with E-state index < -0.39 is 0 Å². The molecule has 66 valence electrons. The molecule has 11 heavy (non-hydrogen) atoms. The van der Waals surface area contributed by atoms with Gasteiger partial charge in [0.1, 0.15) is 0 Å². The second-order valence-electron chi connectivity index (χ2n) is 1.70. The van der Waals surface area contributed by atoms with E-state index in [1.54, 1.807) is 0 Å². The summed E-state index contributed by atoms with van der Waals surface area (Å²) in [7, 11) is 1.85. The fraction of sp³-hybridized carbons (Fsp3) is 0.667. The molecule has 0 amide bonds. The Morgan fingerprint density at radius 1 is 1.36 bits per heavy atom. The molecule has 0 saturated carbocycles. The SMILES string of the molecule is C/C=C(/C)C(=NC)[Se]C.CC. The van der Waals surface area contributed by atoms with Crippen LogP contribution in [-0.2, 0) is 0 Å². The molecule has 0 fully saturated rings. The Hall–Kier alpha value is -0.0705. The second-order valence-corrected chi connectivity index (χ2v) is 3.37. The number of allylic oxidation sites excluding steroid dienone is 2. The zero-order valence-corrected chi connectivity index (χ0v) is 10.1. The first kappa shape index (κ1) is 13.5. The molecule has 0 spiro atoms. The summed E-state index contributed by atoms with van der Waals surface area (Å²) in [6.45, 7) is 8.15. The number of rotatable bonds is 2. The Kier molecular flexibility index (Phi) is 12.2. The number of hydrogen-bond acceptors (Lipinski definition) is 1. The van der Waals surface area contributed by atoms with Crippen molar-refractivity contribution < 1.29 is 0 Å². The van der Waals surface area contributed by atoms with Gasteiger partial charge in [0.25, 0.3) is 0 Å². The first-order valence-electron chi connectivity index (χ1n) is 3.90. The van der Waals surface area contributed by atoms with Gasteiger partial charge in [0, 0.05) is 0 Å². The zero-order valence-electron chi connectivity index (χ0n) is 8.43. The summed E-state index contributed by atoms with van der Waals surface area (Å²) in [5, 5.41) is 0. The van der Waals surface area contributed by atoms with Crippen LogP contribution >= 0.6 is 0 Å². The standard InChI is InChI=1S/C7H13NSe.C2H6/c1-5-6(2)7(8-3)9-4;1-2/h5H,1-4H3;1-2H3/b6-5-,8-7?;. The maximum Gasteiger partial charge on any atom is -0.0683 e. The van der Waals surface area contributed by atoms with Gasteiger partial charge in [-0.25, -0.2) is 0 Å². The van der Waals surface area contributed by atoms with Crippen LogP contribution in [0.1, 0.15) is 27.7 Å². The summed E-state index contributed by atoms with van der Waals surface area (Å²) in [4.78, 5) is 4.15. The first-order chi connectivity index (χ1) is 5.26. The fourth-order valence-corrected chi connectivity index (χ4v) is 1.86. The van der Waals surface area contributed by atoms with Crippen molar-refractivity contribution in [2.75, 3.05) is 7.05 Å². The molecule has 0 aliphatic heterocycles. The Balaban J connectivity index is 0. The van der Waals surface area contributed by atoms with E-state index >= 15 is 0 Å². The molecule has 0 aromatic rings. The third-order valence-electron chi connectivity index (χ3n) is 1.17. The Morgan fingerprint density at radius 3 is 1.91 bits per heavy atom. The average molecular weight is 220 g/mol. The smallest absolute Gasteiger partial charge is 0.0683 e. The van der Waals surface area contributed by atoms with Gasteiger partial charge in [-0.2, -0.15) is 0 Å². The van der Waals surface area contributed by atoms with Gasteiger partial charge < -0.3 is 0 Å². The van der Waals surface area contributed by atoms with E-state index in [1.165, 1.54) is 10.2 Å². The topological polar surface area (TPSA) is 12.4 Å². The van der Waals surface area contributed by atoms with Crippen molar-refractivity contribution in [2.24, 2.45) is 4.99 Å². The summed E-state index contributed by atoms with van der Waals surface area (Å²) >= 11 is 0.547. The predicted octanol–water partition coefficient (Wildman–Crippen LogP) is 2.76. The van der Waals surface area contributed by atoms with E-state index in [-0.39, 0.29) is 0 Å². The van der Waals surface area contributed by atoms with E-state index in [2.05, 4.69) is 23.8 Å². The van der Waals surface area contributed by atoms with E-state index in [4.69, 9.17) is 0 Å². The quantitative estimate of drug-likeness (QED) is 0.501. The molecule has 0 aromatic heterocycles. The number of aliphatic imine (C=N–C) groups is 1. The maximum absolute atomic E-state index is 4.15. The summed E-state index contributed by atoms with van der Waals surface area (Å²) in [6.07, 6.45) is 2.10. The van der Waals surface area contributed by atoms with Gasteiger partial charge in [-0.05, 0) is 0 Å². The Morgan fingerprint density at radius 2 is 1.82 bits per heavy atom. The molecule has 0 aromatic carbocycles. The van der Waals surface area contributed by atoms with E-state index in [0.717, 1.165) is 0 Å². The number of hydrogen-bond donors (Lipinski definition) is 0. The Labute approximate surface area is 77.2 Å². The van der Waals surface area contributed by atoms with Crippen molar-refractivity contribution >= 4 is 19.6 Å². The van der Waals surface area contributed by atoms with Crippen LogP contribution < -0.4 is 0 Å². The molecule has 0 aliphatic rings. The van der Waals surface area contributed by atoms with Crippen molar-refractivity contribution in [3.63, 3.8) is 0 Å². The molecular weight excluding hydrogens is 201 g/mol. The zero-order chi connectivity index (χ0) is 9.28. The van der Waals surface area contributed by atoms with Gasteiger partial charge in [-0.15, -0.1) is 0 Å². The third kappa shape index (κ3) is 6.33. The molecule has 0 N–H and O–H groups in total. The van der Waals surface area contributed by atoms with Gasteiger partial charge in [0.15, 0.2) is 0 Å². The van der Waals surface area contributed by atoms with Crippen molar-refractivity contribution in [3.05, 3.63) is 11.6 Å². The van der Waals surface area contributed by atoms with Gasteiger partial charge in [0.05, 0.1) is 0 Å².